The Labute approximate surface area is 200 Å². The first kappa shape index (κ1) is 23.2. The van der Waals surface area contributed by atoms with Gasteiger partial charge in [-0.25, -0.2) is 18.4 Å². The number of sulfonamides is 1. The summed E-state index contributed by atoms with van der Waals surface area (Å²) < 4.78 is 26.9. The fourth-order valence-electron chi connectivity index (χ4n) is 3.34. The number of thiazole rings is 2. The Hall–Kier alpha value is -2.95. The molecule has 170 valence electrons. The molecule has 4 rings (SSSR count). The summed E-state index contributed by atoms with van der Waals surface area (Å²) in [6.45, 7) is 3.92. The van der Waals surface area contributed by atoms with Crippen LogP contribution in [0.4, 0.5) is 5.69 Å². The molecule has 4 aromatic rings. The molecule has 0 fully saturated rings. The highest BCUT2D eigenvalue weighted by atomic mass is 32.2. The maximum Gasteiger partial charge on any atom is 0.264 e. The van der Waals surface area contributed by atoms with Crippen LogP contribution in [-0.4, -0.2) is 36.2 Å². The molecule has 0 saturated carbocycles. The molecule has 0 unspecified atom stereocenters. The van der Waals surface area contributed by atoms with Crippen molar-refractivity contribution in [3.8, 4) is 10.6 Å². The summed E-state index contributed by atoms with van der Waals surface area (Å²) >= 11 is 3.06. The molecule has 3 heterocycles. The van der Waals surface area contributed by atoms with Gasteiger partial charge in [0.1, 0.15) is 10.8 Å². The molecule has 7 nitrogen and oxygen atoms in total. The van der Waals surface area contributed by atoms with Crippen molar-refractivity contribution in [1.29, 1.82) is 0 Å². The van der Waals surface area contributed by atoms with Crippen molar-refractivity contribution < 1.29 is 13.2 Å². The number of rotatable bonds is 8. The van der Waals surface area contributed by atoms with E-state index in [9.17, 15) is 13.2 Å². The van der Waals surface area contributed by atoms with E-state index < -0.39 is 10.0 Å². The molecule has 0 radical (unpaired) electrons. The smallest absolute Gasteiger partial charge is 0.264 e. The maximum absolute atomic E-state index is 12.9. The lowest BCUT2D eigenvalue weighted by atomic mass is 10.1. The molecule has 0 N–H and O–H groups in total. The van der Waals surface area contributed by atoms with Crippen LogP contribution in [0.1, 0.15) is 21.3 Å². The quantitative estimate of drug-likeness (QED) is 0.356. The van der Waals surface area contributed by atoms with E-state index in [4.69, 9.17) is 0 Å². The van der Waals surface area contributed by atoms with Crippen molar-refractivity contribution in [1.82, 2.24) is 15.0 Å². The number of carbonyl (C=O) groups is 1. The SMILES string of the molecule is Cc1nc(C)c(-c2csc(CC(=O)Cc3ccc(S(=O)(=O)N(C)c4cccnc4)cc3)n2)s1. The second-order valence-electron chi connectivity index (χ2n) is 7.49. The van der Waals surface area contributed by atoms with Crippen LogP contribution >= 0.6 is 22.7 Å². The van der Waals surface area contributed by atoms with Gasteiger partial charge in [-0.2, -0.15) is 0 Å². The zero-order chi connectivity index (χ0) is 23.6. The Morgan fingerprint density at radius 2 is 1.82 bits per heavy atom. The second kappa shape index (κ2) is 9.50. The number of hydrogen-bond donors (Lipinski definition) is 0. The van der Waals surface area contributed by atoms with Crippen LogP contribution < -0.4 is 4.31 Å². The van der Waals surface area contributed by atoms with Gasteiger partial charge in [0.05, 0.1) is 44.5 Å². The highest BCUT2D eigenvalue weighted by Crippen LogP contribution is 2.30. The average molecular weight is 499 g/mol. The zero-order valence-corrected chi connectivity index (χ0v) is 20.8. The van der Waals surface area contributed by atoms with Gasteiger partial charge in [0, 0.05) is 25.0 Å². The number of hydrogen-bond acceptors (Lipinski definition) is 8. The number of aryl methyl sites for hydroxylation is 2. The normalized spacial score (nSPS) is 11.5. The Kier molecular flexibility index (Phi) is 6.68. The van der Waals surface area contributed by atoms with Crippen LogP contribution in [0.25, 0.3) is 10.6 Å². The van der Waals surface area contributed by atoms with E-state index in [1.54, 1.807) is 41.8 Å². The zero-order valence-electron chi connectivity index (χ0n) is 18.3. The lowest BCUT2D eigenvalue weighted by Gasteiger charge is -2.19. The minimum atomic E-state index is -3.72. The molecule has 0 saturated heterocycles. The fourth-order valence-corrected chi connectivity index (χ4v) is 6.29. The van der Waals surface area contributed by atoms with Crippen LogP contribution in [0.2, 0.25) is 0 Å². The summed E-state index contributed by atoms with van der Waals surface area (Å²) in [5, 5.41) is 3.71. The average Bonchev–Trinajstić information content (AvgIpc) is 3.39. The summed E-state index contributed by atoms with van der Waals surface area (Å²) in [7, 11) is -2.23. The van der Waals surface area contributed by atoms with Crippen LogP contribution in [0.5, 0.6) is 0 Å². The van der Waals surface area contributed by atoms with E-state index in [1.807, 2.05) is 19.2 Å². The molecule has 10 heteroatoms. The number of ketones is 1. The monoisotopic (exact) mass is 498 g/mol. The minimum Gasteiger partial charge on any atom is -0.299 e. The molecule has 1 aromatic carbocycles. The maximum atomic E-state index is 12.9. The minimum absolute atomic E-state index is 0.0243. The number of aromatic nitrogens is 3. The van der Waals surface area contributed by atoms with Crippen LogP contribution in [0.3, 0.4) is 0 Å². The molecule has 0 atom stereocenters. The molecule has 0 aliphatic rings. The van der Waals surface area contributed by atoms with E-state index in [1.165, 1.54) is 41.0 Å². The van der Waals surface area contributed by atoms with Crippen LogP contribution in [0.15, 0.2) is 59.1 Å². The third kappa shape index (κ3) is 5.18. The van der Waals surface area contributed by atoms with Gasteiger partial charge in [0.25, 0.3) is 10.0 Å². The predicted molar refractivity (Wildman–Crippen MR) is 131 cm³/mol. The number of anilines is 1. The van der Waals surface area contributed by atoms with Crippen LogP contribution in [0, 0.1) is 13.8 Å². The fraction of sp³-hybridized carbons (Fsp3) is 0.217. The van der Waals surface area contributed by atoms with Gasteiger partial charge in [0.15, 0.2) is 0 Å². The van der Waals surface area contributed by atoms with Crippen molar-refractivity contribution in [2.24, 2.45) is 0 Å². The van der Waals surface area contributed by atoms with Gasteiger partial charge in [0.2, 0.25) is 0 Å². The Bertz CT molecular complexity index is 1380. The third-order valence-corrected chi connectivity index (χ3v) is 8.77. The summed E-state index contributed by atoms with van der Waals surface area (Å²) in [6, 6.07) is 9.78. The number of benzene rings is 1. The molecular weight excluding hydrogens is 476 g/mol. The first-order valence-electron chi connectivity index (χ1n) is 10.1. The first-order chi connectivity index (χ1) is 15.7. The topological polar surface area (TPSA) is 93.1 Å². The summed E-state index contributed by atoms with van der Waals surface area (Å²) in [6.07, 6.45) is 3.54. The number of carbonyl (C=O) groups excluding carboxylic acids is 1. The molecule has 0 bridgehead atoms. The predicted octanol–water partition coefficient (Wildman–Crippen LogP) is 4.46. The first-order valence-corrected chi connectivity index (χ1v) is 13.3. The molecule has 0 aliphatic carbocycles. The van der Waals surface area contributed by atoms with Gasteiger partial charge < -0.3 is 0 Å². The standard InChI is InChI=1S/C23H22N4O3S3/c1-15-23(32-16(2)25-15)21-14-31-22(26-21)12-19(28)11-17-6-8-20(9-7-17)33(29,30)27(3)18-5-4-10-24-13-18/h4-10,13-14H,11-12H2,1-3H3. The molecule has 0 aliphatic heterocycles. The van der Waals surface area contributed by atoms with Gasteiger partial charge in [-0.15, -0.1) is 22.7 Å². The number of Topliss-reactive ketones (excluding diaryl/α,β-unsaturated/α-hetero) is 1. The van der Waals surface area contributed by atoms with Gasteiger partial charge >= 0.3 is 0 Å². The van der Waals surface area contributed by atoms with E-state index in [2.05, 4.69) is 15.0 Å². The largest absolute Gasteiger partial charge is 0.299 e. The lowest BCUT2D eigenvalue weighted by Crippen LogP contribution is -2.26. The van der Waals surface area contributed by atoms with Crippen LogP contribution in [-0.2, 0) is 27.7 Å². The van der Waals surface area contributed by atoms with Gasteiger partial charge in [-0.3, -0.25) is 14.1 Å². The third-order valence-electron chi connectivity index (χ3n) is 5.03. The molecule has 0 amide bonds. The van der Waals surface area contributed by atoms with Crippen molar-refractivity contribution in [2.75, 3.05) is 11.4 Å². The van der Waals surface area contributed by atoms with Crippen molar-refractivity contribution in [3.05, 3.63) is 75.4 Å². The highest BCUT2D eigenvalue weighted by molar-refractivity contribution is 7.92. The van der Waals surface area contributed by atoms with E-state index in [-0.39, 0.29) is 23.5 Å². The van der Waals surface area contributed by atoms with E-state index >= 15 is 0 Å². The van der Waals surface area contributed by atoms with Gasteiger partial charge in [-0.05, 0) is 43.7 Å². The Morgan fingerprint density at radius 1 is 1.06 bits per heavy atom. The summed E-state index contributed by atoms with van der Waals surface area (Å²) in [4.78, 5) is 26.8. The van der Waals surface area contributed by atoms with Crippen molar-refractivity contribution in [3.63, 3.8) is 0 Å². The van der Waals surface area contributed by atoms with Crippen molar-refractivity contribution >= 4 is 44.2 Å². The molecule has 0 spiro atoms. The Balaban J connectivity index is 1.41. The summed E-state index contributed by atoms with van der Waals surface area (Å²) in [5.41, 5.74) is 3.04. The molecule has 33 heavy (non-hydrogen) atoms. The van der Waals surface area contributed by atoms with Crippen molar-refractivity contribution in [2.45, 2.75) is 31.6 Å². The lowest BCUT2D eigenvalue weighted by molar-refractivity contribution is -0.117. The van der Waals surface area contributed by atoms with E-state index in [0.29, 0.717) is 5.69 Å². The second-order valence-corrected chi connectivity index (χ2v) is 11.6. The highest BCUT2D eigenvalue weighted by Gasteiger charge is 2.21. The number of nitrogens with zero attached hydrogens (tertiary/aromatic N) is 4. The molecule has 3 aromatic heterocycles. The number of pyridine rings is 1. The Morgan fingerprint density at radius 3 is 2.45 bits per heavy atom. The summed E-state index contributed by atoms with van der Waals surface area (Å²) in [5.74, 6) is 0.0243. The van der Waals surface area contributed by atoms with E-state index in [0.717, 1.165) is 31.8 Å². The molecular formula is C23H22N4O3S3. The van der Waals surface area contributed by atoms with Gasteiger partial charge in [-0.1, -0.05) is 12.1 Å².